The Morgan fingerprint density at radius 2 is 1.88 bits per heavy atom. The van der Waals surface area contributed by atoms with E-state index in [0.717, 1.165) is 16.3 Å². The molecule has 3 aromatic rings. The van der Waals surface area contributed by atoms with Crippen LogP contribution in [-0.4, -0.2) is 47.7 Å². The molecule has 11 heteroatoms. The van der Waals surface area contributed by atoms with Gasteiger partial charge < -0.3 is 20.1 Å². The number of amides is 1. The second-order valence-electron chi connectivity index (χ2n) is 9.96. The molecule has 0 fully saturated rings. The molecule has 0 radical (unpaired) electrons. The molecule has 0 saturated heterocycles. The van der Waals surface area contributed by atoms with Gasteiger partial charge in [0.1, 0.15) is 11.8 Å². The Morgan fingerprint density at radius 3 is 2.55 bits per heavy atom. The molecule has 3 aromatic carbocycles. The summed E-state index contributed by atoms with van der Waals surface area (Å²) in [6.45, 7) is 3.48. The van der Waals surface area contributed by atoms with Gasteiger partial charge in [0, 0.05) is 19.3 Å². The van der Waals surface area contributed by atoms with Crippen molar-refractivity contribution >= 4 is 36.1 Å². The zero-order valence-electron chi connectivity index (χ0n) is 23.1. The second kappa shape index (κ2) is 13.9. The molecule has 4 atom stereocenters. The van der Waals surface area contributed by atoms with Crippen molar-refractivity contribution in [3.63, 3.8) is 0 Å². The average Bonchev–Trinajstić information content (AvgIpc) is 2.90. The van der Waals surface area contributed by atoms with Gasteiger partial charge in [0.25, 0.3) is 0 Å². The van der Waals surface area contributed by atoms with Crippen LogP contribution in [0.3, 0.4) is 0 Å². The van der Waals surface area contributed by atoms with Crippen LogP contribution in [0, 0.1) is 5.92 Å². The van der Waals surface area contributed by atoms with Gasteiger partial charge in [0.15, 0.2) is 6.10 Å². The zero-order chi connectivity index (χ0) is 28.2. The fourth-order valence-electron chi connectivity index (χ4n) is 4.64. The first-order valence-electron chi connectivity index (χ1n) is 12.7. The van der Waals surface area contributed by atoms with E-state index < -0.39 is 43.3 Å². The van der Waals surface area contributed by atoms with Gasteiger partial charge in [-0.15, -0.1) is 0 Å². The van der Waals surface area contributed by atoms with Crippen LogP contribution in [-0.2, 0) is 42.7 Å². The SMILES string of the molecule is COC(=O)[C@H](Cc1ccccc1)OP(=O)(O)[C@@H]1Cc2cccc3ccc(cc23)CC([O-])=N[C@@H](C(C)C)C(=O)N1.[Na+]. The van der Waals surface area contributed by atoms with E-state index in [1.807, 2.05) is 36.4 Å². The number of carbonyl (C=O) groups excluding carboxylic acids is 2. The Morgan fingerprint density at radius 1 is 1.15 bits per heavy atom. The maximum atomic E-state index is 13.9. The summed E-state index contributed by atoms with van der Waals surface area (Å²) in [5.41, 5.74) is 2.11. The topological polar surface area (TPSA) is 137 Å². The predicted octanol–water partition coefficient (Wildman–Crippen LogP) is 0.154. The first kappa shape index (κ1) is 32.0. The number of nitrogens with zero attached hydrogens (tertiary/aromatic N) is 1. The van der Waals surface area contributed by atoms with Crippen molar-refractivity contribution in [3.05, 3.63) is 83.4 Å². The molecule has 0 spiro atoms. The first-order valence-corrected chi connectivity index (χ1v) is 14.4. The van der Waals surface area contributed by atoms with Crippen molar-refractivity contribution in [2.45, 2.75) is 51.0 Å². The van der Waals surface area contributed by atoms with Crippen LogP contribution < -0.4 is 40.0 Å². The van der Waals surface area contributed by atoms with Crippen LogP contribution >= 0.6 is 7.60 Å². The van der Waals surface area contributed by atoms with Gasteiger partial charge in [0.2, 0.25) is 5.91 Å². The van der Waals surface area contributed by atoms with Gasteiger partial charge in [0.05, 0.1) is 7.11 Å². The summed E-state index contributed by atoms with van der Waals surface area (Å²) in [4.78, 5) is 41.3. The van der Waals surface area contributed by atoms with Crippen molar-refractivity contribution in [1.82, 2.24) is 5.32 Å². The summed E-state index contributed by atoms with van der Waals surface area (Å²) in [7, 11) is -3.54. The molecule has 0 saturated carbocycles. The maximum absolute atomic E-state index is 13.9. The van der Waals surface area contributed by atoms with E-state index in [0.29, 0.717) is 11.1 Å². The van der Waals surface area contributed by atoms with Crippen LogP contribution in [0.1, 0.15) is 30.5 Å². The molecule has 0 aromatic heterocycles. The number of nitrogens with one attached hydrogen (secondary N) is 1. The minimum absolute atomic E-state index is 0. The number of fused-ring (bicyclic) bond motifs is 1. The number of hydrogen-bond donors (Lipinski definition) is 2. The van der Waals surface area contributed by atoms with Gasteiger partial charge in [-0.3, -0.25) is 18.9 Å². The van der Waals surface area contributed by atoms with Crippen LogP contribution in [0.4, 0.5) is 0 Å². The van der Waals surface area contributed by atoms with E-state index in [4.69, 9.17) is 9.26 Å². The number of methoxy groups -OCH3 is 1. The van der Waals surface area contributed by atoms with Crippen molar-refractivity contribution in [3.8, 4) is 0 Å². The van der Waals surface area contributed by atoms with Gasteiger partial charge in [-0.2, -0.15) is 0 Å². The van der Waals surface area contributed by atoms with Crippen molar-refractivity contribution in [2.24, 2.45) is 10.9 Å². The van der Waals surface area contributed by atoms with Crippen molar-refractivity contribution in [1.29, 1.82) is 0 Å². The van der Waals surface area contributed by atoms with Crippen molar-refractivity contribution < 1.29 is 63.0 Å². The standard InChI is InChI=1S/C29H33N2O7P.Na/c1-18(2)27-28(33)31-26(39(35,36)38-24(29(34)37-3)15-19-8-5-4-6-9-19)17-22-11-7-10-21-13-12-20(14-23(21)22)16-25(32)30-27;/h4-14,18,24,26-27H,15-17H2,1-3H3,(H,30,32)(H,31,33)(H,35,36);/q;+1/p-1/t24-,26+,27-;/m0./s1. The molecule has 2 bridgehead atoms. The maximum Gasteiger partial charge on any atom is 1.00 e. The Balaban J connectivity index is 0.00000441. The molecular weight excluding hydrogens is 542 g/mol. The molecule has 1 unspecified atom stereocenters. The van der Waals surface area contributed by atoms with Crippen LogP contribution in [0.25, 0.3) is 10.8 Å². The smallest absolute Gasteiger partial charge is 0.862 e. The molecular formula is C29H32N2NaO7P. The van der Waals surface area contributed by atoms with E-state index in [2.05, 4.69) is 10.3 Å². The van der Waals surface area contributed by atoms with Crippen LogP contribution in [0.15, 0.2) is 71.7 Å². The fraction of sp³-hybridized carbons (Fsp3) is 0.345. The molecule has 1 aliphatic rings. The Hall–Kier alpha value is -2.52. The number of aliphatic imine (C=N–C) groups is 1. The minimum atomic E-state index is -4.71. The summed E-state index contributed by atoms with van der Waals surface area (Å²) in [5.74, 6) is -3.73. The van der Waals surface area contributed by atoms with E-state index in [1.165, 1.54) is 7.11 Å². The second-order valence-corrected chi connectivity index (χ2v) is 11.9. The Kier molecular flexibility index (Phi) is 11.1. The summed E-state index contributed by atoms with van der Waals surface area (Å²) in [6, 6.07) is 18.9. The molecule has 1 amide bonds. The van der Waals surface area contributed by atoms with Gasteiger partial charge in [-0.25, -0.2) is 4.79 Å². The van der Waals surface area contributed by atoms with E-state index in [9.17, 15) is 24.2 Å². The normalized spacial score (nSPS) is 19.8. The van der Waals surface area contributed by atoms with E-state index in [-0.39, 0.29) is 54.7 Å². The van der Waals surface area contributed by atoms with Crippen molar-refractivity contribution in [2.75, 3.05) is 7.11 Å². The number of rotatable bonds is 7. The van der Waals surface area contributed by atoms with Crippen LogP contribution in [0.5, 0.6) is 0 Å². The van der Waals surface area contributed by atoms with Crippen LogP contribution in [0.2, 0.25) is 0 Å². The molecule has 1 heterocycles. The summed E-state index contributed by atoms with van der Waals surface area (Å²) in [6.07, 6.45) is -1.42. The Labute approximate surface area is 255 Å². The van der Waals surface area contributed by atoms with Gasteiger partial charge in [-0.1, -0.05) is 80.6 Å². The summed E-state index contributed by atoms with van der Waals surface area (Å²) < 4.78 is 24.3. The third-order valence-electron chi connectivity index (χ3n) is 6.70. The number of ether oxygens (including phenoxy) is 1. The minimum Gasteiger partial charge on any atom is -0.862 e. The monoisotopic (exact) mass is 574 g/mol. The summed E-state index contributed by atoms with van der Waals surface area (Å²) >= 11 is 0. The third kappa shape index (κ3) is 7.81. The number of esters is 1. The fourth-order valence-corrected chi connectivity index (χ4v) is 6.03. The molecule has 40 heavy (non-hydrogen) atoms. The number of carbonyl (C=O) groups is 2. The Bertz CT molecular complexity index is 1430. The molecule has 1 aliphatic heterocycles. The third-order valence-corrected chi connectivity index (χ3v) is 8.35. The van der Waals surface area contributed by atoms with E-state index >= 15 is 0 Å². The number of benzene rings is 3. The molecule has 9 nitrogen and oxygen atoms in total. The summed E-state index contributed by atoms with van der Waals surface area (Å²) in [5, 5.41) is 17.0. The zero-order valence-corrected chi connectivity index (χ0v) is 26.0. The van der Waals surface area contributed by atoms with Gasteiger partial charge >= 0.3 is 43.1 Å². The average molecular weight is 575 g/mol. The molecule has 4 rings (SSSR count). The predicted molar refractivity (Wildman–Crippen MR) is 146 cm³/mol. The number of hydrogen-bond acceptors (Lipinski definition) is 7. The van der Waals surface area contributed by atoms with Gasteiger partial charge in [-0.05, 0) is 39.3 Å². The molecule has 0 aliphatic carbocycles. The molecule has 2 N–H and O–H groups in total. The quantitative estimate of drug-likeness (QED) is 0.233. The molecule has 206 valence electrons. The first-order chi connectivity index (χ1) is 18.6. The largest absolute Gasteiger partial charge is 1.00 e. The van der Waals surface area contributed by atoms with E-state index in [1.54, 1.807) is 44.2 Å².